The average Bonchev–Trinajstić information content (AvgIpc) is 3.10. The number of amides is 1. The number of nitrogens with one attached hydrogen (secondary N) is 2. The van der Waals surface area contributed by atoms with Gasteiger partial charge in [-0.25, -0.2) is 4.68 Å². The van der Waals surface area contributed by atoms with E-state index < -0.39 is 0 Å². The van der Waals surface area contributed by atoms with Gasteiger partial charge in [0.05, 0.1) is 17.4 Å². The van der Waals surface area contributed by atoms with Gasteiger partial charge in [-0.05, 0) is 31.2 Å². The largest absolute Gasteiger partial charge is 0.352 e. The number of hydrogen-bond acceptors (Lipinski definition) is 4. The van der Waals surface area contributed by atoms with Crippen LogP contribution in [-0.4, -0.2) is 59.9 Å². The molecule has 3 rings (SSSR count). The molecule has 1 fully saturated rings. The maximum absolute atomic E-state index is 12.2. The van der Waals surface area contributed by atoms with Gasteiger partial charge in [-0.3, -0.25) is 4.79 Å². The summed E-state index contributed by atoms with van der Waals surface area (Å²) < 4.78 is 2.69. The van der Waals surface area contributed by atoms with Crippen molar-refractivity contribution >= 4 is 21.8 Å². The van der Waals surface area contributed by atoms with Gasteiger partial charge < -0.3 is 15.5 Å². The molecule has 0 atom stereocenters. The highest BCUT2D eigenvalue weighted by Crippen LogP contribution is 2.15. The number of carbonyl (C=O) groups is 1. The second-order valence-electron chi connectivity index (χ2n) is 5.85. The smallest absolute Gasteiger partial charge is 0.254 e. The van der Waals surface area contributed by atoms with Crippen LogP contribution >= 0.6 is 15.9 Å². The molecule has 0 aliphatic carbocycles. The van der Waals surface area contributed by atoms with E-state index in [2.05, 4.69) is 36.6 Å². The van der Waals surface area contributed by atoms with Crippen molar-refractivity contribution in [2.24, 2.45) is 0 Å². The number of rotatable bonds is 6. The Morgan fingerprint density at radius 1 is 1.33 bits per heavy atom. The van der Waals surface area contributed by atoms with Crippen molar-refractivity contribution < 1.29 is 4.79 Å². The van der Waals surface area contributed by atoms with Crippen molar-refractivity contribution in [3.8, 4) is 5.69 Å². The van der Waals surface area contributed by atoms with Crippen LogP contribution in [0.1, 0.15) is 16.8 Å². The molecule has 0 bridgehead atoms. The summed E-state index contributed by atoms with van der Waals surface area (Å²) in [6.45, 7) is 6.01. The lowest BCUT2D eigenvalue weighted by atomic mass is 10.3. The van der Waals surface area contributed by atoms with Crippen molar-refractivity contribution in [3.63, 3.8) is 0 Å². The molecule has 0 spiro atoms. The third-order valence-corrected chi connectivity index (χ3v) is 4.56. The topological polar surface area (TPSA) is 62.2 Å². The van der Waals surface area contributed by atoms with Crippen molar-refractivity contribution in [2.45, 2.75) is 6.42 Å². The Balaban J connectivity index is 1.47. The van der Waals surface area contributed by atoms with Crippen LogP contribution in [0.5, 0.6) is 0 Å². The Kier molecular flexibility index (Phi) is 6.01. The Bertz CT molecular complexity index is 681. The van der Waals surface area contributed by atoms with Gasteiger partial charge in [0, 0.05) is 43.4 Å². The molecular weight excluding hydrogens is 370 g/mol. The minimum Gasteiger partial charge on any atom is -0.352 e. The molecule has 2 aromatic rings. The van der Waals surface area contributed by atoms with Crippen LogP contribution in [0.4, 0.5) is 0 Å². The summed E-state index contributed by atoms with van der Waals surface area (Å²) in [7, 11) is 0. The first-order chi connectivity index (χ1) is 11.7. The zero-order valence-corrected chi connectivity index (χ0v) is 15.1. The molecule has 7 heteroatoms. The standard InChI is InChI=1S/C17H22BrN5O/c18-15-3-1-4-16(11-15)23-13-14(12-21-23)17(24)20-5-2-8-22-9-6-19-7-10-22/h1,3-4,11-13,19H,2,5-10H2,(H,20,24). The molecule has 1 aliphatic heterocycles. The summed E-state index contributed by atoms with van der Waals surface area (Å²) in [6, 6.07) is 7.81. The monoisotopic (exact) mass is 391 g/mol. The third kappa shape index (κ3) is 4.66. The maximum atomic E-state index is 12.2. The molecule has 2 heterocycles. The third-order valence-electron chi connectivity index (χ3n) is 4.06. The van der Waals surface area contributed by atoms with Gasteiger partial charge in [-0.15, -0.1) is 0 Å². The highest BCUT2D eigenvalue weighted by atomic mass is 79.9. The molecule has 0 radical (unpaired) electrons. The van der Waals surface area contributed by atoms with E-state index in [4.69, 9.17) is 0 Å². The zero-order valence-electron chi connectivity index (χ0n) is 13.5. The highest BCUT2D eigenvalue weighted by molar-refractivity contribution is 9.10. The van der Waals surface area contributed by atoms with E-state index in [-0.39, 0.29) is 5.91 Å². The summed E-state index contributed by atoms with van der Waals surface area (Å²) in [6.07, 6.45) is 4.32. The first-order valence-corrected chi connectivity index (χ1v) is 9.03. The SMILES string of the molecule is O=C(NCCCN1CCNCC1)c1cnn(-c2cccc(Br)c2)c1. The van der Waals surface area contributed by atoms with Crippen molar-refractivity contribution in [2.75, 3.05) is 39.3 Å². The molecule has 6 nitrogen and oxygen atoms in total. The normalized spacial score (nSPS) is 15.4. The molecule has 0 unspecified atom stereocenters. The lowest BCUT2D eigenvalue weighted by Crippen LogP contribution is -2.44. The highest BCUT2D eigenvalue weighted by Gasteiger charge is 2.11. The predicted octanol–water partition coefficient (Wildman–Crippen LogP) is 1.66. The molecule has 24 heavy (non-hydrogen) atoms. The van der Waals surface area contributed by atoms with Crippen LogP contribution in [-0.2, 0) is 0 Å². The number of piperazine rings is 1. The van der Waals surface area contributed by atoms with Crippen LogP contribution in [0, 0.1) is 0 Å². The fourth-order valence-corrected chi connectivity index (χ4v) is 3.13. The number of nitrogens with zero attached hydrogens (tertiary/aromatic N) is 3. The van der Waals surface area contributed by atoms with Crippen molar-refractivity contribution in [1.82, 2.24) is 25.3 Å². The van der Waals surface area contributed by atoms with Crippen LogP contribution in [0.15, 0.2) is 41.1 Å². The van der Waals surface area contributed by atoms with E-state index in [1.807, 2.05) is 24.3 Å². The maximum Gasteiger partial charge on any atom is 0.254 e. The van der Waals surface area contributed by atoms with Crippen molar-refractivity contribution in [1.29, 1.82) is 0 Å². The fraction of sp³-hybridized carbons (Fsp3) is 0.412. The van der Waals surface area contributed by atoms with Gasteiger partial charge in [0.25, 0.3) is 5.91 Å². The lowest BCUT2D eigenvalue weighted by Gasteiger charge is -2.27. The Hall–Kier alpha value is -1.70. The molecule has 1 amide bonds. The average molecular weight is 392 g/mol. The van der Waals surface area contributed by atoms with E-state index in [9.17, 15) is 4.79 Å². The molecule has 2 N–H and O–H groups in total. The summed E-state index contributed by atoms with van der Waals surface area (Å²) >= 11 is 3.44. The van der Waals surface area contributed by atoms with Crippen LogP contribution < -0.4 is 10.6 Å². The Morgan fingerprint density at radius 3 is 2.96 bits per heavy atom. The van der Waals surface area contributed by atoms with Gasteiger partial charge in [-0.2, -0.15) is 5.10 Å². The summed E-state index contributed by atoms with van der Waals surface area (Å²) in [5.74, 6) is -0.0726. The van der Waals surface area contributed by atoms with Gasteiger partial charge >= 0.3 is 0 Å². The molecule has 128 valence electrons. The van der Waals surface area contributed by atoms with E-state index >= 15 is 0 Å². The molecular formula is C17H22BrN5O. The predicted molar refractivity (Wildman–Crippen MR) is 97.5 cm³/mol. The van der Waals surface area contributed by atoms with Crippen molar-refractivity contribution in [3.05, 3.63) is 46.7 Å². The minimum atomic E-state index is -0.0726. The molecule has 1 aromatic carbocycles. The van der Waals surface area contributed by atoms with E-state index in [0.29, 0.717) is 12.1 Å². The lowest BCUT2D eigenvalue weighted by molar-refractivity contribution is 0.0951. The molecule has 1 aliphatic rings. The van der Waals surface area contributed by atoms with Crippen LogP contribution in [0.3, 0.4) is 0 Å². The summed E-state index contributed by atoms with van der Waals surface area (Å²) in [5.41, 5.74) is 1.50. The minimum absolute atomic E-state index is 0.0726. The first kappa shape index (κ1) is 17.1. The summed E-state index contributed by atoms with van der Waals surface area (Å²) in [4.78, 5) is 14.6. The van der Waals surface area contributed by atoms with Crippen LogP contribution in [0.25, 0.3) is 5.69 Å². The first-order valence-electron chi connectivity index (χ1n) is 8.24. The van der Waals surface area contributed by atoms with Gasteiger partial charge in [0.1, 0.15) is 0 Å². The zero-order chi connectivity index (χ0) is 16.8. The molecule has 1 aromatic heterocycles. The Labute approximate surface area is 150 Å². The number of halogens is 1. The Morgan fingerprint density at radius 2 is 2.17 bits per heavy atom. The summed E-state index contributed by atoms with van der Waals surface area (Å²) in [5, 5.41) is 10.6. The second-order valence-corrected chi connectivity index (χ2v) is 6.77. The van der Waals surface area contributed by atoms with E-state index in [0.717, 1.165) is 49.3 Å². The molecule has 1 saturated heterocycles. The number of benzene rings is 1. The van der Waals surface area contributed by atoms with Gasteiger partial charge in [-0.1, -0.05) is 22.0 Å². The van der Waals surface area contributed by atoms with E-state index in [1.54, 1.807) is 17.1 Å². The number of hydrogen-bond donors (Lipinski definition) is 2. The fourth-order valence-electron chi connectivity index (χ4n) is 2.74. The number of carbonyl (C=O) groups excluding carboxylic acids is 1. The molecule has 0 saturated carbocycles. The van der Waals surface area contributed by atoms with Gasteiger partial charge in [0.2, 0.25) is 0 Å². The second kappa shape index (κ2) is 8.41. The van der Waals surface area contributed by atoms with Gasteiger partial charge in [0.15, 0.2) is 0 Å². The number of aromatic nitrogens is 2. The van der Waals surface area contributed by atoms with E-state index in [1.165, 1.54) is 0 Å². The van der Waals surface area contributed by atoms with Crippen LogP contribution in [0.2, 0.25) is 0 Å². The quantitative estimate of drug-likeness (QED) is 0.735.